The molecule has 1 N–H and O–H groups in total. The van der Waals surface area contributed by atoms with E-state index in [1.807, 2.05) is 0 Å². The summed E-state index contributed by atoms with van der Waals surface area (Å²) in [5.74, 6) is 0. The van der Waals surface area contributed by atoms with Gasteiger partial charge in [-0.25, -0.2) is 0 Å². The first-order valence-electron chi connectivity index (χ1n) is 7.09. The Bertz CT molecular complexity index is 390. The molecule has 0 aliphatic carbocycles. The van der Waals surface area contributed by atoms with Gasteiger partial charge in [-0.1, -0.05) is 31.4 Å². The van der Waals surface area contributed by atoms with Crippen LogP contribution in [0.15, 0.2) is 6.20 Å². The van der Waals surface area contributed by atoms with Crippen LogP contribution in [-0.4, -0.2) is 16.3 Å². The SMILES string of the molecule is CCC1(c2c(Cl)cnn2C(C)C)CCCCCN1. The van der Waals surface area contributed by atoms with E-state index in [0.29, 0.717) is 6.04 Å². The standard InChI is InChI=1S/C14H24ClN3/c1-4-14(8-6-5-7-9-16-14)13-12(15)10-17-18(13)11(2)3/h10-11,16H,4-9H2,1-3H3. The Balaban J connectivity index is 2.45. The molecule has 1 unspecified atom stereocenters. The summed E-state index contributed by atoms with van der Waals surface area (Å²) in [7, 11) is 0. The van der Waals surface area contributed by atoms with Gasteiger partial charge in [0, 0.05) is 6.04 Å². The van der Waals surface area contributed by atoms with Crippen molar-refractivity contribution in [3.8, 4) is 0 Å². The number of hydrogen-bond donors (Lipinski definition) is 1. The van der Waals surface area contributed by atoms with Crippen LogP contribution in [0.3, 0.4) is 0 Å². The van der Waals surface area contributed by atoms with Crippen LogP contribution in [0, 0.1) is 0 Å². The van der Waals surface area contributed by atoms with Crippen molar-refractivity contribution in [3.63, 3.8) is 0 Å². The minimum Gasteiger partial charge on any atom is -0.306 e. The molecule has 1 saturated heterocycles. The molecular weight excluding hydrogens is 246 g/mol. The van der Waals surface area contributed by atoms with Gasteiger partial charge in [-0.2, -0.15) is 5.10 Å². The highest BCUT2D eigenvalue weighted by molar-refractivity contribution is 6.31. The fourth-order valence-corrected chi connectivity index (χ4v) is 3.31. The zero-order chi connectivity index (χ0) is 13.2. The highest BCUT2D eigenvalue weighted by Gasteiger charge is 2.36. The number of rotatable bonds is 3. The predicted octanol–water partition coefficient (Wildman–Crippen LogP) is 3.89. The van der Waals surface area contributed by atoms with Gasteiger partial charge in [0.15, 0.2) is 0 Å². The fourth-order valence-electron chi connectivity index (χ4n) is 3.00. The molecule has 2 rings (SSSR count). The van der Waals surface area contributed by atoms with E-state index < -0.39 is 0 Å². The van der Waals surface area contributed by atoms with Crippen molar-refractivity contribution in [2.24, 2.45) is 0 Å². The molecule has 1 fully saturated rings. The van der Waals surface area contributed by atoms with Crippen molar-refractivity contribution < 1.29 is 0 Å². The summed E-state index contributed by atoms with van der Waals surface area (Å²) in [5, 5.41) is 9.00. The predicted molar refractivity (Wildman–Crippen MR) is 76.1 cm³/mol. The van der Waals surface area contributed by atoms with Crippen molar-refractivity contribution in [3.05, 3.63) is 16.9 Å². The molecule has 2 heterocycles. The largest absolute Gasteiger partial charge is 0.306 e. The van der Waals surface area contributed by atoms with Crippen LogP contribution in [0.1, 0.15) is 64.6 Å². The molecule has 0 spiro atoms. The molecular formula is C14H24ClN3. The summed E-state index contributed by atoms with van der Waals surface area (Å²) in [4.78, 5) is 0. The summed E-state index contributed by atoms with van der Waals surface area (Å²) in [6, 6.07) is 0.348. The molecule has 1 aliphatic rings. The lowest BCUT2D eigenvalue weighted by Crippen LogP contribution is -2.43. The number of hydrogen-bond acceptors (Lipinski definition) is 2. The van der Waals surface area contributed by atoms with Crippen molar-refractivity contribution in [1.29, 1.82) is 0 Å². The van der Waals surface area contributed by atoms with E-state index in [4.69, 9.17) is 11.6 Å². The van der Waals surface area contributed by atoms with Crippen LogP contribution in [0.4, 0.5) is 0 Å². The first kappa shape index (κ1) is 13.9. The molecule has 1 aromatic rings. The van der Waals surface area contributed by atoms with Gasteiger partial charge in [0.1, 0.15) is 0 Å². The van der Waals surface area contributed by atoms with E-state index in [9.17, 15) is 0 Å². The van der Waals surface area contributed by atoms with Gasteiger partial charge >= 0.3 is 0 Å². The van der Waals surface area contributed by atoms with E-state index in [2.05, 4.69) is 35.9 Å². The average molecular weight is 270 g/mol. The maximum absolute atomic E-state index is 6.42. The third kappa shape index (κ3) is 2.43. The van der Waals surface area contributed by atoms with E-state index >= 15 is 0 Å². The maximum atomic E-state index is 6.42. The van der Waals surface area contributed by atoms with Crippen LogP contribution >= 0.6 is 11.6 Å². The van der Waals surface area contributed by atoms with Crippen molar-refractivity contribution in [1.82, 2.24) is 15.1 Å². The number of halogens is 1. The van der Waals surface area contributed by atoms with E-state index in [1.54, 1.807) is 6.20 Å². The highest BCUT2D eigenvalue weighted by Crippen LogP contribution is 2.37. The molecule has 1 atom stereocenters. The number of nitrogens with zero attached hydrogens (tertiary/aromatic N) is 2. The molecule has 3 nitrogen and oxygen atoms in total. The van der Waals surface area contributed by atoms with Gasteiger partial charge in [0.05, 0.1) is 22.5 Å². The Kier molecular flexibility index (Phi) is 4.33. The Hall–Kier alpha value is -0.540. The summed E-state index contributed by atoms with van der Waals surface area (Å²) >= 11 is 6.42. The summed E-state index contributed by atoms with van der Waals surface area (Å²) in [6.45, 7) is 7.64. The molecule has 0 saturated carbocycles. The third-order valence-corrected chi connectivity index (χ3v) is 4.32. The van der Waals surface area contributed by atoms with Gasteiger partial charge in [0.25, 0.3) is 0 Å². The van der Waals surface area contributed by atoms with Crippen molar-refractivity contribution in [2.75, 3.05) is 6.54 Å². The molecule has 4 heteroatoms. The highest BCUT2D eigenvalue weighted by atomic mass is 35.5. The van der Waals surface area contributed by atoms with Crippen LogP contribution in [0.2, 0.25) is 5.02 Å². The summed E-state index contributed by atoms with van der Waals surface area (Å²) < 4.78 is 2.09. The van der Waals surface area contributed by atoms with Crippen molar-refractivity contribution in [2.45, 2.75) is 64.5 Å². The molecule has 0 aromatic carbocycles. The zero-order valence-corrected chi connectivity index (χ0v) is 12.4. The number of aromatic nitrogens is 2. The quantitative estimate of drug-likeness (QED) is 0.902. The van der Waals surface area contributed by atoms with Crippen LogP contribution in [0.25, 0.3) is 0 Å². The second kappa shape index (κ2) is 5.62. The molecule has 0 radical (unpaired) electrons. The van der Waals surface area contributed by atoms with Gasteiger partial charge in [0.2, 0.25) is 0 Å². The Morgan fingerprint density at radius 1 is 1.44 bits per heavy atom. The zero-order valence-electron chi connectivity index (χ0n) is 11.7. The normalized spacial score (nSPS) is 25.4. The summed E-state index contributed by atoms with van der Waals surface area (Å²) in [6.07, 6.45) is 7.84. The fraction of sp³-hybridized carbons (Fsp3) is 0.786. The minimum absolute atomic E-state index is 0.00829. The van der Waals surface area contributed by atoms with E-state index in [0.717, 1.165) is 24.4 Å². The molecule has 18 heavy (non-hydrogen) atoms. The second-order valence-electron chi connectivity index (χ2n) is 5.55. The van der Waals surface area contributed by atoms with E-state index in [-0.39, 0.29) is 5.54 Å². The number of nitrogens with one attached hydrogen (secondary N) is 1. The minimum atomic E-state index is 0.00829. The van der Waals surface area contributed by atoms with E-state index in [1.165, 1.54) is 25.0 Å². The molecule has 1 aromatic heterocycles. The van der Waals surface area contributed by atoms with Crippen LogP contribution in [0.5, 0.6) is 0 Å². The summed E-state index contributed by atoms with van der Waals surface area (Å²) in [5.41, 5.74) is 1.19. The topological polar surface area (TPSA) is 29.9 Å². The Morgan fingerprint density at radius 3 is 2.89 bits per heavy atom. The first-order valence-corrected chi connectivity index (χ1v) is 7.47. The van der Waals surface area contributed by atoms with Crippen LogP contribution in [-0.2, 0) is 5.54 Å². The maximum Gasteiger partial charge on any atom is 0.0837 e. The van der Waals surface area contributed by atoms with Gasteiger partial charge in [-0.15, -0.1) is 0 Å². The van der Waals surface area contributed by atoms with Crippen molar-refractivity contribution >= 4 is 11.6 Å². The average Bonchev–Trinajstić information content (AvgIpc) is 2.61. The lowest BCUT2D eigenvalue weighted by Gasteiger charge is -2.34. The van der Waals surface area contributed by atoms with Gasteiger partial charge in [-0.05, 0) is 39.7 Å². The smallest absolute Gasteiger partial charge is 0.0837 e. The second-order valence-corrected chi connectivity index (χ2v) is 5.96. The monoisotopic (exact) mass is 269 g/mol. The molecule has 0 bridgehead atoms. The van der Waals surface area contributed by atoms with Crippen LogP contribution < -0.4 is 5.32 Å². The molecule has 1 aliphatic heterocycles. The lowest BCUT2D eigenvalue weighted by atomic mass is 9.86. The Labute approximate surface area is 115 Å². The van der Waals surface area contributed by atoms with Gasteiger partial charge in [-0.3, -0.25) is 4.68 Å². The first-order chi connectivity index (χ1) is 8.60. The Morgan fingerprint density at radius 2 is 2.22 bits per heavy atom. The third-order valence-electron chi connectivity index (χ3n) is 4.04. The molecule has 102 valence electrons. The van der Waals surface area contributed by atoms with Gasteiger partial charge < -0.3 is 5.32 Å². The molecule has 0 amide bonds. The lowest BCUT2D eigenvalue weighted by molar-refractivity contribution is 0.280.